The summed E-state index contributed by atoms with van der Waals surface area (Å²) in [6.45, 7) is 4.00. The standard InChI is InChI=1S/C18H17N7O2S/c1-11-12(2)28-18(25-10-20-23-24-25)16(11)17(26)19-9-15-21-14(22-27-15)8-13-6-4-3-5-7-13/h3-7,10H,8-9H2,1-2H3,(H,19,26). The molecule has 28 heavy (non-hydrogen) atoms. The molecule has 0 radical (unpaired) electrons. The van der Waals surface area contributed by atoms with E-state index in [1.54, 1.807) is 0 Å². The third-order valence-corrected chi connectivity index (χ3v) is 5.46. The molecule has 0 aliphatic rings. The summed E-state index contributed by atoms with van der Waals surface area (Å²) >= 11 is 1.46. The van der Waals surface area contributed by atoms with Gasteiger partial charge in [-0.05, 0) is 35.4 Å². The molecular weight excluding hydrogens is 378 g/mol. The van der Waals surface area contributed by atoms with Gasteiger partial charge in [-0.2, -0.15) is 9.67 Å². The van der Waals surface area contributed by atoms with Crippen molar-refractivity contribution in [1.82, 2.24) is 35.7 Å². The average Bonchev–Trinajstić information content (AvgIpc) is 3.43. The summed E-state index contributed by atoms with van der Waals surface area (Å²) in [5.41, 5.74) is 2.52. The topological polar surface area (TPSA) is 112 Å². The molecular formula is C18H17N7O2S. The van der Waals surface area contributed by atoms with Gasteiger partial charge in [-0.3, -0.25) is 4.79 Å². The smallest absolute Gasteiger partial charge is 0.255 e. The highest BCUT2D eigenvalue weighted by Crippen LogP contribution is 2.30. The molecule has 0 spiro atoms. The summed E-state index contributed by atoms with van der Waals surface area (Å²) < 4.78 is 6.74. The Morgan fingerprint density at radius 2 is 2.07 bits per heavy atom. The second kappa shape index (κ2) is 7.69. The first-order chi connectivity index (χ1) is 13.6. The fourth-order valence-electron chi connectivity index (χ4n) is 2.75. The average molecular weight is 395 g/mol. The number of aromatic nitrogens is 6. The maximum Gasteiger partial charge on any atom is 0.255 e. The van der Waals surface area contributed by atoms with Crippen molar-refractivity contribution in [2.24, 2.45) is 0 Å². The quantitative estimate of drug-likeness (QED) is 0.533. The summed E-state index contributed by atoms with van der Waals surface area (Å²) in [5.74, 6) is 0.690. The molecule has 4 aromatic rings. The Bertz CT molecular complexity index is 1090. The Balaban J connectivity index is 1.46. The summed E-state index contributed by atoms with van der Waals surface area (Å²) in [6.07, 6.45) is 2.04. The number of aryl methyl sites for hydroxylation is 1. The van der Waals surface area contributed by atoms with E-state index >= 15 is 0 Å². The first-order valence-corrected chi connectivity index (χ1v) is 9.40. The number of benzene rings is 1. The molecule has 0 unspecified atom stereocenters. The summed E-state index contributed by atoms with van der Waals surface area (Å²) in [4.78, 5) is 18.2. The predicted octanol–water partition coefficient (Wildman–Crippen LogP) is 2.24. The number of hydrogen-bond donors (Lipinski definition) is 1. The molecule has 0 aliphatic carbocycles. The minimum Gasteiger partial charge on any atom is -0.343 e. The van der Waals surface area contributed by atoms with Crippen molar-refractivity contribution >= 4 is 17.2 Å². The molecule has 9 nitrogen and oxygen atoms in total. The van der Waals surface area contributed by atoms with E-state index in [4.69, 9.17) is 4.52 Å². The van der Waals surface area contributed by atoms with Crippen LogP contribution in [0.25, 0.3) is 5.00 Å². The van der Waals surface area contributed by atoms with Gasteiger partial charge >= 0.3 is 0 Å². The number of nitrogens with zero attached hydrogens (tertiary/aromatic N) is 6. The normalized spacial score (nSPS) is 10.9. The zero-order valence-electron chi connectivity index (χ0n) is 15.3. The Hall–Kier alpha value is -3.40. The fraction of sp³-hybridized carbons (Fsp3) is 0.222. The van der Waals surface area contributed by atoms with Crippen molar-refractivity contribution in [2.45, 2.75) is 26.8 Å². The van der Waals surface area contributed by atoms with Gasteiger partial charge in [0.1, 0.15) is 11.3 Å². The van der Waals surface area contributed by atoms with Gasteiger partial charge < -0.3 is 9.84 Å². The number of thiophene rings is 1. The molecule has 1 aromatic carbocycles. The molecule has 0 saturated carbocycles. The van der Waals surface area contributed by atoms with Gasteiger partial charge in [-0.15, -0.1) is 16.4 Å². The van der Waals surface area contributed by atoms with Crippen LogP contribution in [0.1, 0.15) is 38.1 Å². The van der Waals surface area contributed by atoms with Crippen LogP contribution < -0.4 is 5.32 Å². The van der Waals surface area contributed by atoms with E-state index in [-0.39, 0.29) is 12.5 Å². The highest BCUT2D eigenvalue weighted by molar-refractivity contribution is 7.15. The predicted molar refractivity (Wildman–Crippen MR) is 101 cm³/mol. The molecule has 142 valence electrons. The van der Waals surface area contributed by atoms with Gasteiger partial charge in [-0.25, -0.2) is 0 Å². The van der Waals surface area contributed by atoms with Crippen LogP contribution in [0.4, 0.5) is 0 Å². The number of rotatable bonds is 6. The molecule has 10 heteroatoms. The van der Waals surface area contributed by atoms with E-state index in [0.29, 0.717) is 28.7 Å². The van der Waals surface area contributed by atoms with Gasteiger partial charge in [0.25, 0.3) is 5.91 Å². The summed E-state index contributed by atoms with van der Waals surface area (Å²) in [7, 11) is 0. The van der Waals surface area contributed by atoms with Crippen molar-refractivity contribution < 1.29 is 9.32 Å². The third kappa shape index (κ3) is 3.67. The van der Waals surface area contributed by atoms with Crippen molar-refractivity contribution in [3.63, 3.8) is 0 Å². The number of carbonyl (C=O) groups excluding carboxylic acids is 1. The highest BCUT2D eigenvalue weighted by atomic mass is 32.1. The molecule has 0 saturated heterocycles. The van der Waals surface area contributed by atoms with E-state index in [9.17, 15) is 4.79 Å². The van der Waals surface area contributed by atoms with Gasteiger partial charge in [0.05, 0.1) is 12.1 Å². The van der Waals surface area contributed by atoms with Crippen molar-refractivity contribution in [3.05, 3.63) is 69.9 Å². The SMILES string of the molecule is Cc1sc(-n2cnnn2)c(C(=O)NCc2nc(Cc3ccccc3)no2)c1C. The van der Waals surface area contributed by atoms with Crippen LogP contribution in [0.15, 0.2) is 41.2 Å². The number of amides is 1. The number of nitrogens with one attached hydrogen (secondary N) is 1. The van der Waals surface area contributed by atoms with Gasteiger partial charge in [0, 0.05) is 11.3 Å². The van der Waals surface area contributed by atoms with Crippen LogP contribution in [-0.2, 0) is 13.0 Å². The second-order valence-corrected chi connectivity index (χ2v) is 7.37. The molecule has 0 aliphatic heterocycles. The van der Waals surface area contributed by atoms with Crippen LogP contribution in [0.5, 0.6) is 0 Å². The molecule has 0 bridgehead atoms. The van der Waals surface area contributed by atoms with Gasteiger partial charge in [-0.1, -0.05) is 35.5 Å². The van der Waals surface area contributed by atoms with E-state index in [1.165, 1.54) is 22.3 Å². The van der Waals surface area contributed by atoms with E-state index in [1.807, 2.05) is 44.2 Å². The van der Waals surface area contributed by atoms with Crippen LogP contribution in [-0.4, -0.2) is 36.3 Å². The molecule has 1 amide bonds. The summed E-state index contributed by atoms with van der Waals surface area (Å²) in [5, 5.41) is 18.7. The van der Waals surface area contributed by atoms with Crippen LogP contribution >= 0.6 is 11.3 Å². The van der Waals surface area contributed by atoms with Crippen molar-refractivity contribution in [2.75, 3.05) is 0 Å². The lowest BCUT2D eigenvalue weighted by Crippen LogP contribution is -2.24. The molecule has 0 atom stereocenters. The highest BCUT2D eigenvalue weighted by Gasteiger charge is 2.22. The molecule has 1 N–H and O–H groups in total. The number of carbonyl (C=O) groups is 1. The van der Waals surface area contributed by atoms with E-state index in [2.05, 4.69) is 31.0 Å². The van der Waals surface area contributed by atoms with Crippen LogP contribution in [0.3, 0.4) is 0 Å². The molecule has 3 aromatic heterocycles. The largest absolute Gasteiger partial charge is 0.343 e. The summed E-state index contributed by atoms with van der Waals surface area (Å²) in [6, 6.07) is 9.88. The minimum atomic E-state index is -0.241. The lowest BCUT2D eigenvalue weighted by atomic mass is 10.1. The zero-order chi connectivity index (χ0) is 19.5. The van der Waals surface area contributed by atoms with E-state index < -0.39 is 0 Å². The Labute approximate surface area is 164 Å². The first-order valence-electron chi connectivity index (χ1n) is 8.58. The lowest BCUT2D eigenvalue weighted by Gasteiger charge is -2.05. The maximum absolute atomic E-state index is 12.8. The Kier molecular flexibility index (Phi) is 4.94. The lowest BCUT2D eigenvalue weighted by molar-refractivity contribution is 0.0946. The van der Waals surface area contributed by atoms with Crippen molar-refractivity contribution in [1.29, 1.82) is 0 Å². The van der Waals surface area contributed by atoms with E-state index in [0.717, 1.165) is 16.0 Å². The number of tetrazole rings is 1. The van der Waals surface area contributed by atoms with Crippen LogP contribution in [0, 0.1) is 13.8 Å². The first kappa shape index (κ1) is 18.0. The van der Waals surface area contributed by atoms with Crippen LogP contribution in [0.2, 0.25) is 0 Å². The maximum atomic E-state index is 12.8. The zero-order valence-corrected chi connectivity index (χ0v) is 16.1. The Morgan fingerprint density at radius 3 is 2.82 bits per heavy atom. The number of hydrogen-bond acceptors (Lipinski definition) is 8. The third-order valence-electron chi connectivity index (χ3n) is 4.27. The fourth-order valence-corrected chi connectivity index (χ4v) is 3.82. The van der Waals surface area contributed by atoms with Crippen molar-refractivity contribution in [3.8, 4) is 5.00 Å². The van der Waals surface area contributed by atoms with Gasteiger partial charge in [0.2, 0.25) is 5.89 Å². The second-order valence-electron chi connectivity index (χ2n) is 6.17. The Morgan fingerprint density at radius 1 is 1.25 bits per heavy atom. The minimum absolute atomic E-state index is 0.143. The molecule has 3 heterocycles. The van der Waals surface area contributed by atoms with Gasteiger partial charge in [0.15, 0.2) is 5.82 Å². The molecule has 4 rings (SSSR count). The monoisotopic (exact) mass is 395 g/mol. The molecule has 0 fully saturated rings.